The second-order valence-corrected chi connectivity index (χ2v) is 5.64. The molecule has 1 unspecified atom stereocenters. The van der Waals surface area contributed by atoms with E-state index in [0.717, 1.165) is 12.0 Å². The molecule has 1 saturated carbocycles. The van der Waals surface area contributed by atoms with Crippen LogP contribution in [0.15, 0.2) is 24.3 Å². The molecule has 1 aromatic rings. The lowest BCUT2D eigenvalue weighted by Crippen LogP contribution is -2.15. The van der Waals surface area contributed by atoms with Crippen LogP contribution in [0.3, 0.4) is 0 Å². The highest BCUT2D eigenvalue weighted by Crippen LogP contribution is 2.41. The molecule has 0 amide bonds. The Kier molecular flexibility index (Phi) is 3.07. The first-order valence-corrected chi connectivity index (χ1v) is 6.33. The first-order chi connectivity index (χ1) is 7.54. The van der Waals surface area contributed by atoms with Crippen molar-refractivity contribution in [3.05, 3.63) is 35.4 Å². The van der Waals surface area contributed by atoms with Crippen molar-refractivity contribution >= 4 is 0 Å². The number of aliphatic hydroxyl groups excluding tert-OH is 1. The summed E-state index contributed by atoms with van der Waals surface area (Å²) in [6.07, 6.45) is 3.27. The van der Waals surface area contributed by atoms with Crippen LogP contribution in [0, 0.1) is 5.92 Å². The minimum absolute atomic E-state index is 0.237. The molecule has 1 atom stereocenters. The lowest BCUT2D eigenvalue weighted by atomic mass is 9.82. The molecule has 88 valence electrons. The summed E-state index contributed by atoms with van der Waals surface area (Å²) in [4.78, 5) is 0. The van der Waals surface area contributed by atoms with E-state index in [1.807, 2.05) is 0 Å². The summed E-state index contributed by atoms with van der Waals surface area (Å²) < 4.78 is 0. The Morgan fingerprint density at radius 2 is 1.81 bits per heavy atom. The Balaban J connectivity index is 2.15. The second-order valence-electron chi connectivity index (χ2n) is 5.64. The smallest absolute Gasteiger partial charge is 0.0818 e. The highest BCUT2D eigenvalue weighted by atomic mass is 16.3. The van der Waals surface area contributed by atoms with Crippen molar-refractivity contribution in [3.8, 4) is 0 Å². The standard InChI is InChI=1S/C15H22O/c1-4-15(2,3)13-9-7-12(8-10-13)14(16)11-5-6-11/h7-11,14,16H,4-6H2,1-3H3. The molecule has 1 aliphatic rings. The van der Waals surface area contributed by atoms with Crippen LogP contribution in [0.1, 0.15) is 57.3 Å². The molecule has 0 bridgehead atoms. The zero-order chi connectivity index (χ0) is 11.8. The Labute approximate surface area is 98.5 Å². The Bertz CT molecular complexity index is 346. The van der Waals surface area contributed by atoms with Gasteiger partial charge in [-0.25, -0.2) is 0 Å². The molecule has 1 aromatic carbocycles. The number of rotatable bonds is 4. The maximum absolute atomic E-state index is 10.0. The maximum Gasteiger partial charge on any atom is 0.0818 e. The first kappa shape index (κ1) is 11.7. The van der Waals surface area contributed by atoms with E-state index in [2.05, 4.69) is 45.0 Å². The summed E-state index contributed by atoms with van der Waals surface area (Å²) in [5.41, 5.74) is 2.68. The van der Waals surface area contributed by atoms with Crippen LogP contribution in [0.5, 0.6) is 0 Å². The quantitative estimate of drug-likeness (QED) is 0.814. The average Bonchev–Trinajstić information content (AvgIpc) is 3.12. The minimum Gasteiger partial charge on any atom is -0.388 e. The molecule has 1 aliphatic carbocycles. The monoisotopic (exact) mass is 218 g/mol. The number of aliphatic hydroxyl groups is 1. The third-order valence-corrected chi connectivity index (χ3v) is 3.99. The fourth-order valence-corrected chi connectivity index (χ4v) is 2.02. The van der Waals surface area contributed by atoms with Gasteiger partial charge in [0, 0.05) is 0 Å². The molecule has 1 fully saturated rings. The van der Waals surface area contributed by atoms with Crippen molar-refractivity contribution in [1.29, 1.82) is 0 Å². The van der Waals surface area contributed by atoms with E-state index in [0.29, 0.717) is 5.92 Å². The van der Waals surface area contributed by atoms with E-state index in [9.17, 15) is 5.11 Å². The van der Waals surface area contributed by atoms with Crippen LogP contribution in [-0.2, 0) is 5.41 Å². The summed E-state index contributed by atoms with van der Waals surface area (Å²) in [6, 6.07) is 8.53. The van der Waals surface area contributed by atoms with Crippen LogP contribution in [0.25, 0.3) is 0 Å². The van der Waals surface area contributed by atoms with Gasteiger partial charge in [-0.1, -0.05) is 45.0 Å². The molecular formula is C15H22O. The van der Waals surface area contributed by atoms with Crippen LogP contribution in [0.2, 0.25) is 0 Å². The van der Waals surface area contributed by atoms with E-state index in [1.165, 1.54) is 18.4 Å². The zero-order valence-corrected chi connectivity index (χ0v) is 10.5. The Morgan fingerprint density at radius 1 is 1.25 bits per heavy atom. The summed E-state index contributed by atoms with van der Waals surface area (Å²) in [7, 11) is 0. The van der Waals surface area contributed by atoms with Gasteiger partial charge in [0.2, 0.25) is 0 Å². The topological polar surface area (TPSA) is 20.2 Å². The molecule has 2 rings (SSSR count). The van der Waals surface area contributed by atoms with Gasteiger partial charge in [-0.2, -0.15) is 0 Å². The van der Waals surface area contributed by atoms with Gasteiger partial charge in [0.1, 0.15) is 0 Å². The molecule has 0 radical (unpaired) electrons. The van der Waals surface area contributed by atoms with Crippen LogP contribution in [0.4, 0.5) is 0 Å². The minimum atomic E-state index is -0.237. The van der Waals surface area contributed by atoms with Crippen molar-refractivity contribution < 1.29 is 5.11 Å². The van der Waals surface area contributed by atoms with E-state index < -0.39 is 0 Å². The van der Waals surface area contributed by atoms with Crippen molar-refractivity contribution in [2.75, 3.05) is 0 Å². The summed E-state index contributed by atoms with van der Waals surface area (Å²) in [5, 5.41) is 10.0. The van der Waals surface area contributed by atoms with Crippen molar-refractivity contribution in [3.63, 3.8) is 0 Å². The predicted molar refractivity (Wildman–Crippen MR) is 67.4 cm³/mol. The van der Waals surface area contributed by atoms with E-state index in [4.69, 9.17) is 0 Å². The number of hydrogen-bond donors (Lipinski definition) is 1. The van der Waals surface area contributed by atoms with Gasteiger partial charge in [-0.05, 0) is 41.7 Å². The third-order valence-electron chi connectivity index (χ3n) is 3.99. The Morgan fingerprint density at radius 3 is 2.25 bits per heavy atom. The molecule has 0 aliphatic heterocycles. The number of benzene rings is 1. The lowest BCUT2D eigenvalue weighted by molar-refractivity contribution is 0.154. The summed E-state index contributed by atoms with van der Waals surface area (Å²) in [5.74, 6) is 0.519. The Hall–Kier alpha value is -0.820. The molecule has 0 aromatic heterocycles. The summed E-state index contributed by atoms with van der Waals surface area (Å²) >= 11 is 0. The third kappa shape index (κ3) is 2.30. The van der Waals surface area contributed by atoms with Crippen LogP contribution in [-0.4, -0.2) is 5.11 Å². The molecule has 1 N–H and O–H groups in total. The fourth-order valence-electron chi connectivity index (χ4n) is 2.02. The van der Waals surface area contributed by atoms with Gasteiger partial charge < -0.3 is 5.11 Å². The van der Waals surface area contributed by atoms with E-state index in [-0.39, 0.29) is 11.5 Å². The highest BCUT2D eigenvalue weighted by molar-refractivity contribution is 5.29. The molecule has 1 heteroatoms. The van der Waals surface area contributed by atoms with Crippen LogP contribution >= 0.6 is 0 Å². The van der Waals surface area contributed by atoms with Crippen molar-refractivity contribution in [1.82, 2.24) is 0 Å². The molecule has 0 heterocycles. The van der Waals surface area contributed by atoms with E-state index in [1.54, 1.807) is 0 Å². The van der Waals surface area contributed by atoms with Gasteiger partial charge in [-0.15, -0.1) is 0 Å². The molecule has 0 spiro atoms. The lowest BCUT2D eigenvalue weighted by Gasteiger charge is -2.23. The molecule has 16 heavy (non-hydrogen) atoms. The molecular weight excluding hydrogens is 196 g/mol. The first-order valence-electron chi connectivity index (χ1n) is 6.33. The molecule has 1 nitrogen and oxygen atoms in total. The normalized spacial score (nSPS) is 18.5. The van der Waals surface area contributed by atoms with Gasteiger partial charge in [0.15, 0.2) is 0 Å². The van der Waals surface area contributed by atoms with Gasteiger partial charge in [0.25, 0.3) is 0 Å². The maximum atomic E-state index is 10.0. The van der Waals surface area contributed by atoms with E-state index >= 15 is 0 Å². The van der Waals surface area contributed by atoms with Crippen molar-refractivity contribution in [2.24, 2.45) is 5.92 Å². The number of hydrogen-bond acceptors (Lipinski definition) is 1. The highest BCUT2D eigenvalue weighted by Gasteiger charge is 2.30. The fraction of sp³-hybridized carbons (Fsp3) is 0.600. The molecule has 0 saturated heterocycles. The predicted octanol–water partition coefficient (Wildman–Crippen LogP) is 3.82. The van der Waals surface area contributed by atoms with Gasteiger partial charge in [-0.3, -0.25) is 0 Å². The van der Waals surface area contributed by atoms with Gasteiger partial charge >= 0.3 is 0 Å². The summed E-state index contributed by atoms with van der Waals surface area (Å²) in [6.45, 7) is 6.74. The SMILES string of the molecule is CCC(C)(C)c1ccc(C(O)C2CC2)cc1. The van der Waals surface area contributed by atoms with Crippen LogP contribution < -0.4 is 0 Å². The van der Waals surface area contributed by atoms with Gasteiger partial charge in [0.05, 0.1) is 6.10 Å². The second kappa shape index (κ2) is 4.21. The average molecular weight is 218 g/mol. The zero-order valence-electron chi connectivity index (χ0n) is 10.5. The van der Waals surface area contributed by atoms with Crippen molar-refractivity contribution in [2.45, 2.75) is 51.6 Å². The largest absolute Gasteiger partial charge is 0.388 e.